The predicted octanol–water partition coefficient (Wildman–Crippen LogP) is 2.80. The van der Waals surface area contributed by atoms with Crippen LogP contribution in [0, 0.1) is 6.92 Å². The van der Waals surface area contributed by atoms with Gasteiger partial charge in [0.2, 0.25) is 11.8 Å². The molecule has 1 heterocycles. The summed E-state index contributed by atoms with van der Waals surface area (Å²) < 4.78 is 5.38. The van der Waals surface area contributed by atoms with Crippen molar-refractivity contribution in [3.8, 4) is 0 Å². The maximum absolute atomic E-state index is 12.3. The zero-order valence-corrected chi connectivity index (χ0v) is 14.8. The van der Waals surface area contributed by atoms with Crippen LogP contribution in [0.1, 0.15) is 12.0 Å². The van der Waals surface area contributed by atoms with E-state index in [9.17, 15) is 9.59 Å². The zero-order chi connectivity index (χ0) is 18.4. The largest absolute Gasteiger partial charge is 0.378 e. The van der Waals surface area contributed by atoms with Gasteiger partial charge in [0, 0.05) is 18.8 Å². The average molecular weight is 353 g/mol. The molecule has 6 nitrogen and oxygen atoms in total. The molecular formula is C20H23N3O3. The van der Waals surface area contributed by atoms with Gasteiger partial charge >= 0.3 is 0 Å². The summed E-state index contributed by atoms with van der Waals surface area (Å²) in [6, 6.07) is 15.1. The van der Waals surface area contributed by atoms with Crippen LogP contribution in [0.3, 0.4) is 0 Å². The van der Waals surface area contributed by atoms with E-state index >= 15 is 0 Å². The van der Waals surface area contributed by atoms with Crippen LogP contribution in [-0.4, -0.2) is 38.1 Å². The van der Waals surface area contributed by atoms with Gasteiger partial charge in [-0.2, -0.15) is 0 Å². The molecule has 6 heteroatoms. The topological polar surface area (TPSA) is 70.7 Å². The second-order valence-electron chi connectivity index (χ2n) is 6.26. The summed E-state index contributed by atoms with van der Waals surface area (Å²) in [5.41, 5.74) is 3.45. The predicted molar refractivity (Wildman–Crippen MR) is 103 cm³/mol. The second-order valence-corrected chi connectivity index (χ2v) is 6.26. The number of nitrogens with zero attached hydrogens (tertiary/aromatic N) is 1. The molecule has 1 fully saturated rings. The summed E-state index contributed by atoms with van der Waals surface area (Å²) >= 11 is 0. The molecule has 0 aliphatic carbocycles. The van der Waals surface area contributed by atoms with Gasteiger partial charge in [-0.05, 0) is 31.2 Å². The molecule has 0 radical (unpaired) electrons. The Morgan fingerprint density at radius 3 is 2.35 bits per heavy atom. The molecule has 3 rings (SSSR count). The smallest absolute Gasteiger partial charge is 0.233 e. The van der Waals surface area contributed by atoms with Crippen LogP contribution in [0.5, 0.6) is 0 Å². The number of rotatable bonds is 5. The van der Waals surface area contributed by atoms with Crippen LogP contribution in [0.4, 0.5) is 17.1 Å². The number of para-hydroxylation sites is 2. The Morgan fingerprint density at radius 1 is 0.962 bits per heavy atom. The van der Waals surface area contributed by atoms with Gasteiger partial charge in [-0.25, -0.2) is 0 Å². The highest BCUT2D eigenvalue weighted by Gasteiger charge is 2.17. The molecule has 1 saturated heterocycles. The van der Waals surface area contributed by atoms with Gasteiger partial charge in [0.25, 0.3) is 0 Å². The molecular weight excluding hydrogens is 330 g/mol. The summed E-state index contributed by atoms with van der Waals surface area (Å²) in [4.78, 5) is 26.5. The Balaban J connectivity index is 1.59. The molecule has 0 aromatic heterocycles. The molecule has 0 atom stereocenters. The highest BCUT2D eigenvalue weighted by atomic mass is 16.5. The summed E-state index contributed by atoms with van der Waals surface area (Å²) in [6.45, 7) is 4.87. The van der Waals surface area contributed by atoms with Crippen LogP contribution in [0.15, 0.2) is 48.5 Å². The van der Waals surface area contributed by atoms with Crippen molar-refractivity contribution in [2.75, 3.05) is 41.8 Å². The Labute approximate surface area is 153 Å². The first kappa shape index (κ1) is 17.9. The molecule has 0 unspecified atom stereocenters. The van der Waals surface area contributed by atoms with Crippen molar-refractivity contribution >= 4 is 28.9 Å². The fourth-order valence-corrected chi connectivity index (χ4v) is 2.84. The second kappa shape index (κ2) is 8.49. The van der Waals surface area contributed by atoms with Crippen molar-refractivity contribution in [1.82, 2.24) is 0 Å². The third-order valence-electron chi connectivity index (χ3n) is 4.19. The van der Waals surface area contributed by atoms with Crippen molar-refractivity contribution < 1.29 is 14.3 Å². The number of nitrogens with one attached hydrogen (secondary N) is 2. The quantitative estimate of drug-likeness (QED) is 0.811. The number of anilines is 3. The Kier molecular flexibility index (Phi) is 5.86. The third kappa shape index (κ3) is 4.83. The van der Waals surface area contributed by atoms with Crippen LogP contribution in [0.25, 0.3) is 0 Å². The molecule has 0 spiro atoms. The van der Waals surface area contributed by atoms with Crippen molar-refractivity contribution in [3.05, 3.63) is 54.1 Å². The minimum absolute atomic E-state index is 0.231. The molecule has 0 bridgehead atoms. The normalized spacial score (nSPS) is 14.0. The van der Waals surface area contributed by atoms with E-state index in [0.29, 0.717) is 24.6 Å². The maximum Gasteiger partial charge on any atom is 0.233 e. The standard InChI is InChI=1S/C20H23N3O3/c1-15-6-8-16(9-7-15)21-19(24)14-20(25)22-17-4-2-3-5-18(17)23-10-12-26-13-11-23/h2-9H,10-14H2,1H3,(H,21,24)(H,22,25). The van der Waals surface area contributed by atoms with Gasteiger partial charge in [-0.3, -0.25) is 9.59 Å². The molecule has 2 amide bonds. The maximum atomic E-state index is 12.3. The highest BCUT2D eigenvalue weighted by molar-refractivity contribution is 6.08. The fourth-order valence-electron chi connectivity index (χ4n) is 2.84. The lowest BCUT2D eigenvalue weighted by Gasteiger charge is -2.30. The van der Waals surface area contributed by atoms with E-state index < -0.39 is 0 Å². The van der Waals surface area contributed by atoms with Gasteiger partial charge in [0.15, 0.2) is 0 Å². The summed E-state index contributed by atoms with van der Waals surface area (Å²) in [7, 11) is 0. The van der Waals surface area contributed by atoms with E-state index in [1.165, 1.54) is 0 Å². The van der Waals surface area contributed by atoms with Crippen molar-refractivity contribution in [2.24, 2.45) is 0 Å². The van der Waals surface area contributed by atoms with E-state index in [0.717, 1.165) is 24.3 Å². The molecule has 2 N–H and O–H groups in total. The van der Waals surface area contributed by atoms with E-state index in [-0.39, 0.29) is 18.2 Å². The molecule has 136 valence electrons. The van der Waals surface area contributed by atoms with Crippen LogP contribution in [0.2, 0.25) is 0 Å². The number of carbonyl (C=O) groups is 2. The molecule has 2 aromatic rings. The van der Waals surface area contributed by atoms with Crippen molar-refractivity contribution in [2.45, 2.75) is 13.3 Å². The Hall–Kier alpha value is -2.86. The monoisotopic (exact) mass is 353 g/mol. The number of carbonyl (C=O) groups excluding carboxylic acids is 2. The number of hydrogen-bond acceptors (Lipinski definition) is 4. The average Bonchev–Trinajstić information content (AvgIpc) is 2.64. The highest BCUT2D eigenvalue weighted by Crippen LogP contribution is 2.26. The Bertz CT molecular complexity index is 768. The SMILES string of the molecule is Cc1ccc(NC(=O)CC(=O)Nc2ccccc2N2CCOCC2)cc1. The lowest BCUT2D eigenvalue weighted by Crippen LogP contribution is -2.36. The van der Waals surface area contributed by atoms with E-state index in [1.807, 2.05) is 55.5 Å². The first-order chi connectivity index (χ1) is 12.6. The molecule has 1 aliphatic heterocycles. The van der Waals surface area contributed by atoms with Crippen LogP contribution in [-0.2, 0) is 14.3 Å². The van der Waals surface area contributed by atoms with Gasteiger partial charge in [0.05, 0.1) is 24.6 Å². The fraction of sp³-hybridized carbons (Fsp3) is 0.300. The lowest BCUT2D eigenvalue weighted by molar-refractivity contribution is -0.123. The summed E-state index contributed by atoms with van der Waals surface area (Å²) in [6.07, 6.45) is -0.231. The first-order valence-electron chi connectivity index (χ1n) is 8.70. The molecule has 1 aliphatic rings. The number of amides is 2. The number of aryl methyl sites for hydroxylation is 1. The summed E-state index contributed by atoms with van der Waals surface area (Å²) in [5, 5.41) is 5.59. The van der Waals surface area contributed by atoms with Gasteiger partial charge in [-0.1, -0.05) is 29.8 Å². The number of benzene rings is 2. The van der Waals surface area contributed by atoms with E-state index in [4.69, 9.17) is 4.74 Å². The van der Waals surface area contributed by atoms with Crippen LogP contribution >= 0.6 is 0 Å². The van der Waals surface area contributed by atoms with Gasteiger partial charge in [0.1, 0.15) is 6.42 Å². The van der Waals surface area contributed by atoms with Gasteiger partial charge in [-0.15, -0.1) is 0 Å². The Morgan fingerprint density at radius 2 is 1.62 bits per heavy atom. The minimum Gasteiger partial charge on any atom is -0.378 e. The van der Waals surface area contributed by atoms with Gasteiger partial charge < -0.3 is 20.3 Å². The number of hydrogen-bond donors (Lipinski definition) is 2. The molecule has 26 heavy (non-hydrogen) atoms. The molecule has 2 aromatic carbocycles. The van der Waals surface area contributed by atoms with Crippen LogP contribution < -0.4 is 15.5 Å². The minimum atomic E-state index is -0.338. The number of morpholine rings is 1. The van der Waals surface area contributed by atoms with E-state index in [1.54, 1.807) is 0 Å². The van der Waals surface area contributed by atoms with Crippen molar-refractivity contribution in [1.29, 1.82) is 0 Å². The van der Waals surface area contributed by atoms with Crippen molar-refractivity contribution in [3.63, 3.8) is 0 Å². The van der Waals surface area contributed by atoms with E-state index in [2.05, 4.69) is 15.5 Å². The summed E-state index contributed by atoms with van der Waals surface area (Å²) in [5.74, 6) is -0.675. The zero-order valence-electron chi connectivity index (χ0n) is 14.8. The first-order valence-corrected chi connectivity index (χ1v) is 8.70. The molecule has 0 saturated carbocycles. The lowest BCUT2D eigenvalue weighted by atomic mass is 10.2. The number of ether oxygens (including phenoxy) is 1. The third-order valence-corrected chi connectivity index (χ3v) is 4.19.